The summed E-state index contributed by atoms with van der Waals surface area (Å²) in [5, 5.41) is 12.6. The van der Waals surface area contributed by atoms with Gasteiger partial charge in [0.05, 0.1) is 0 Å². The summed E-state index contributed by atoms with van der Waals surface area (Å²) in [5.41, 5.74) is 12.1. The van der Waals surface area contributed by atoms with E-state index in [4.69, 9.17) is 4.74 Å². The molecule has 0 aliphatic carbocycles. The van der Waals surface area contributed by atoms with Crippen LogP contribution in [0.3, 0.4) is 0 Å². The molecule has 0 fully saturated rings. The van der Waals surface area contributed by atoms with Crippen LogP contribution >= 0.6 is 0 Å². The average Bonchev–Trinajstić information content (AvgIpc) is 3.26. The molecule has 11 aromatic rings. The van der Waals surface area contributed by atoms with Crippen LogP contribution in [0.4, 0.5) is 0 Å². The fourth-order valence-electron chi connectivity index (χ4n) is 9.31. The number of hydrogen-bond donors (Lipinski definition) is 0. The Hall–Kier alpha value is -7.22. The van der Waals surface area contributed by atoms with Gasteiger partial charge in [-0.1, -0.05) is 164 Å². The number of benzene rings is 11. The van der Waals surface area contributed by atoms with Crippen molar-refractivity contribution in [2.75, 3.05) is 0 Å². The van der Waals surface area contributed by atoms with Gasteiger partial charge in [-0.25, -0.2) is 0 Å². The van der Waals surface area contributed by atoms with Gasteiger partial charge >= 0.3 is 0 Å². The SMILES string of the molecule is c1ccc(-c2ccc3c(c2)-c2cccc4c(-c5ccc(-c6cc7ccc8ccc(-c9ccccc9)c9ccc(c6)c7c89)c6ccccc56)ccc(c24)O3)cc1. The van der Waals surface area contributed by atoms with Crippen molar-refractivity contribution in [3.8, 4) is 67.1 Å². The first kappa shape index (κ1) is 30.3. The number of hydrogen-bond acceptors (Lipinski definition) is 1. The van der Waals surface area contributed by atoms with Gasteiger partial charge in [0.25, 0.3) is 0 Å². The maximum Gasteiger partial charge on any atom is 0.135 e. The molecular formula is C54H32O. The van der Waals surface area contributed by atoms with Crippen molar-refractivity contribution in [1.82, 2.24) is 0 Å². The Morgan fingerprint density at radius 3 is 1.62 bits per heavy atom. The monoisotopic (exact) mass is 696 g/mol. The molecule has 254 valence electrons. The predicted molar refractivity (Wildman–Crippen MR) is 232 cm³/mol. The largest absolute Gasteiger partial charge is 0.456 e. The Kier molecular flexibility index (Phi) is 6.40. The first-order valence-electron chi connectivity index (χ1n) is 19.0. The van der Waals surface area contributed by atoms with Crippen molar-refractivity contribution in [3.63, 3.8) is 0 Å². The van der Waals surface area contributed by atoms with Crippen LogP contribution in [0.2, 0.25) is 0 Å². The van der Waals surface area contributed by atoms with E-state index in [0.29, 0.717) is 0 Å². The first-order chi connectivity index (χ1) is 27.3. The van der Waals surface area contributed by atoms with Crippen LogP contribution < -0.4 is 4.74 Å². The summed E-state index contributed by atoms with van der Waals surface area (Å²) in [6, 6.07) is 71.0. The molecule has 0 saturated heterocycles. The van der Waals surface area contributed by atoms with E-state index in [1.165, 1.54) is 98.5 Å². The van der Waals surface area contributed by atoms with Gasteiger partial charge in [0.15, 0.2) is 0 Å². The average molecular weight is 697 g/mol. The lowest BCUT2D eigenvalue weighted by molar-refractivity contribution is 0.487. The van der Waals surface area contributed by atoms with Gasteiger partial charge in [0.2, 0.25) is 0 Å². The van der Waals surface area contributed by atoms with Crippen LogP contribution in [0.15, 0.2) is 194 Å². The van der Waals surface area contributed by atoms with E-state index in [1.54, 1.807) is 0 Å². The molecule has 0 saturated carbocycles. The highest BCUT2D eigenvalue weighted by Crippen LogP contribution is 2.51. The number of fused-ring (bicyclic) bond motifs is 3. The minimum absolute atomic E-state index is 0.896. The fraction of sp³-hybridized carbons (Fsp3) is 0. The molecule has 0 radical (unpaired) electrons. The fourth-order valence-corrected chi connectivity index (χ4v) is 9.31. The summed E-state index contributed by atoms with van der Waals surface area (Å²) >= 11 is 0. The van der Waals surface area contributed by atoms with Gasteiger partial charge in [-0.3, -0.25) is 0 Å². The van der Waals surface area contributed by atoms with Crippen molar-refractivity contribution < 1.29 is 4.74 Å². The Balaban J connectivity index is 1.02. The Labute approximate surface area is 318 Å². The van der Waals surface area contributed by atoms with E-state index >= 15 is 0 Å². The van der Waals surface area contributed by atoms with Crippen molar-refractivity contribution in [1.29, 1.82) is 0 Å². The Morgan fingerprint density at radius 1 is 0.236 bits per heavy atom. The molecule has 11 aromatic carbocycles. The highest BCUT2D eigenvalue weighted by atomic mass is 16.5. The van der Waals surface area contributed by atoms with Crippen molar-refractivity contribution in [2.45, 2.75) is 0 Å². The summed E-state index contributed by atoms with van der Waals surface area (Å²) in [4.78, 5) is 0. The summed E-state index contributed by atoms with van der Waals surface area (Å²) < 4.78 is 6.61. The van der Waals surface area contributed by atoms with E-state index in [2.05, 4.69) is 194 Å². The van der Waals surface area contributed by atoms with Crippen molar-refractivity contribution >= 4 is 53.9 Å². The highest BCUT2D eigenvalue weighted by Gasteiger charge is 2.23. The van der Waals surface area contributed by atoms with Crippen LogP contribution in [-0.2, 0) is 0 Å². The maximum absolute atomic E-state index is 6.61. The summed E-state index contributed by atoms with van der Waals surface area (Å²) in [6.07, 6.45) is 0. The lowest BCUT2D eigenvalue weighted by atomic mass is 9.85. The maximum atomic E-state index is 6.61. The van der Waals surface area contributed by atoms with Crippen LogP contribution in [0.25, 0.3) is 109 Å². The lowest BCUT2D eigenvalue weighted by Gasteiger charge is -2.23. The third-order valence-corrected chi connectivity index (χ3v) is 11.8. The van der Waals surface area contributed by atoms with Crippen LogP contribution in [0.1, 0.15) is 0 Å². The molecule has 1 heterocycles. The molecule has 0 bridgehead atoms. The van der Waals surface area contributed by atoms with Crippen LogP contribution in [0, 0.1) is 0 Å². The normalized spacial score (nSPS) is 12.1. The molecule has 1 aliphatic rings. The van der Waals surface area contributed by atoms with Crippen LogP contribution in [-0.4, -0.2) is 0 Å². The smallest absolute Gasteiger partial charge is 0.135 e. The molecule has 0 unspecified atom stereocenters. The van der Waals surface area contributed by atoms with E-state index in [1.807, 2.05) is 0 Å². The second-order valence-corrected chi connectivity index (χ2v) is 14.8. The quantitative estimate of drug-likeness (QED) is 0.166. The van der Waals surface area contributed by atoms with Gasteiger partial charge in [-0.15, -0.1) is 0 Å². The molecular weight excluding hydrogens is 665 g/mol. The Bertz CT molecular complexity index is 3300. The molecule has 0 spiro atoms. The number of rotatable bonds is 4. The molecule has 55 heavy (non-hydrogen) atoms. The summed E-state index contributed by atoms with van der Waals surface area (Å²) in [6.45, 7) is 0. The standard InChI is InChI=1S/C54H32O/c1-3-10-33(11-4-1)36-22-28-50-49(32-36)47-17-9-16-46-45(27-29-51(55-50)54(46)47)44-26-25-41(42-14-7-8-15-43(42)44)39-30-37-19-18-35-20-23-40(34-12-5-2-6-13-34)48-24-21-38(31-39)52(37)53(35)48/h1-32H. The molecule has 1 heteroatoms. The van der Waals surface area contributed by atoms with Crippen molar-refractivity contribution in [3.05, 3.63) is 194 Å². The molecule has 1 nitrogen and oxygen atoms in total. The predicted octanol–water partition coefficient (Wildman–Crippen LogP) is 15.3. The zero-order valence-electron chi connectivity index (χ0n) is 29.9. The van der Waals surface area contributed by atoms with Gasteiger partial charge in [0, 0.05) is 10.9 Å². The lowest BCUT2D eigenvalue weighted by Crippen LogP contribution is -1.98. The van der Waals surface area contributed by atoms with Gasteiger partial charge in [-0.05, 0) is 129 Å². The minimum atomic E-state index is 0.896. The first-order valence-corrected chi connectivity index (χ1v) is 19.0. The Morgan fingerprint density at radius 2 is 0.800 bits per heavy atom. The molecule has 0 amide bonds. The van der Waals surface area contributed by atoms with E-state index in [-0.39, 0.29) is 0 Å². The molecule has 12 rings (SSSR count). The zero-order chi connectivity index (χ0) is 36.0. The van der Waals surface area contributed by atoms with Gasteiger partial charge in [0.1, 0.15) is 11.5 Å². The van der Waals surface area contributed by atoms with Crippen molar-refractivity contribution in [2.24, 2.45) is 0 Å². The third kappa shape index (κ3) is 4.54. The highest BCUT2D eigenvalue weighted by molar-refractivity contribution is 6.26. The second-order valence-electron chi connectivity index (χ2n) is 14.8. The molecule has 0 N–H and O–H groups in total. The summed E-state index contributed by atoms with van der Waals surface area (Å²) in [7, 11) is 0. The van der Waals surface area contributed by atoms with E-state index < -0.39 is 0 Å². The number of ether oxygens (including phenoxy) is 1. The topological polar surface area (TPSA) is 9.23 Å². The second kappa shape index (κ2) is 11.6. The minimum Gasteiger partial charge on any atom is -0.456 e. The van der Waals surface area contributed by atoms with E-state index in [9.17, 15) is 0 Å². The molecule has 1 aliphatic heterocycles. The van der Waals surface area contributed by atoms with E-state index in [0.717, 1.165) is 22.4 Å². The molecule has 0 atom stereocenters. The third-order valence-electron chi connectivity index (χ3n) is 11.8. The molecule has 0 aromatic heterocycles. The zero-order valence-corrected chi connectivity index (χ0v) is 29.9. The van der Waals surface area contributed by atoms with Gasteiger partial charge < -0.3 is 4.74 Å². The van der Waals surface area contributed by atoms with Gasteiger partial charge in [-0.2, -0.15) is 0 Å². The summed E-state index contributed by atoms with van der Waals surface area (Å²) in [5.74, 6) is 1.80. The van der Waals surface area contributed by atoms with Crippen LogP contribution in [0.5, 0.6) is 11.5 Å².